The molecule has 1 saturated carbocycles. The minimum Gasteiger partial charge on any atom is -0.486 e. The molecule has 2 atom stereocenters. The Morgan fingerprint density at radius 3 is 2.39 bits per heavy atom. The molecule has 1 aromatic carbocycles. The second-order valence-corrected chi connectivity index (χ2v) is 6.62. The van der Waals surface area contributed by atoms with Crippen LogP contribution in [0.5, 0.6) is 11.5 Å². The quantitative estimate of drug-likeness (QED) is 0.910. The molecular weight excluding hydrogens is 296 g/mol. The third-order valence-electron chi connectivity index (χ3n) is 3.95. The molecule has 1 N–H and O–H groups in total. The van der Waals surface area contributed by atoms with Gasteiger partial charge in [0.15, 0.2) is 11.5 Å². The predicted octanol–water partition coefficient (Wildman–Crippen LogP) is 3.30. The van der Waals surface area contributed by atoms with E-state index < -0.39 is 6.10 Å². The summed E-state index contributed by atoms with van der Waals surface area (Å²) in [4.78, 5) is 0. The van der Waals surface area contributed by atoms with E-state index in [-0.39, 0.29) is 5.41 Å². The van der Waals surface area contributed by atoms with E-state index in [2.05, 4.69) is 29.8 Å². The molecule has 4 heteroatoms. The Bertz CT molecular complexity index is 484. The molecule has 1 fully saturated rings. The summed E-state index contributed by atoms with van der Waals surface area (Å²) in [5.74, 6) is 1.81. The summed E-state index contributed by atoms with van der Waals surface area (Å²) in [6.07, 6.45) is 0.625. The van der Waals surface area contributed by atoms with Crippen LogP contribution in [-0.4, -0.2) is 18.3 Å². The lowest BCUT2D eigenvalue weighted by atomic mass is 9.99. The van der Waals surface area contributed by atoms with Gasteiger partial charge >= 0.3 is 0 Å². The van der Waals surface area contributed by atoms with Crippen LogP contribution in [0.2, 0.25) is 0 Å². The van der Waals surface area contributed by atoms with Crippen LogP contribution in [0.1, 0.15) is 31.9 Å². The SMILES string of the molecule is CC1(C)CC1C(O)c1cc2c(cc1Br)OCCO2. The topological polar surface area (TPSA) is 38.7 Å². The van der Waals surface area contributed by atoms with Gasteiger partial charge < -0.3 is 14.6 Å². The van der Waals surface area contributed by atoms with Gasteiger partial charge in [-0.15, -0.1) is 0 Å². The lowest BCUT2D eigenvalue weighted by Crippen LogP contribution is -2.16. The molecule has 0 radical (unpaired) electrons. The number of benzene rings is 1. The molecule has 0 saturated heterocycles. The highest BCUT2D eigenvalue weighted by atomic mass is 79.9. The monoisotopic (exact) mass is 312 g/mol. The molecule has 2 unspecified atom stereocenters. The summed E-state index contributed by atoms with van der Waals surface area (Å²) in [6.45, 7) is 5.52. The van der Waals surface area contributed by atoms with E-state index in [1.165, 1.54) is 0 Å². The summed E-state index contributed by atoms with van der Waals surface area (Å²) in [5, 5.41) is 10.5. The van der Waals surface area contributed by atoms with Crippen LogP contribution in [0.3, 0.4) is 0 Å². The van der Waals surface area contributed by atoms with E-state index in [0.717, 1.165) is 28.0 Å². The molecular formula is C14H17BrO3. The fraction of sp³-hybridized carbons (Fsp3) is 0.571. The van der Waals surface area contributed by atoms with Crippen LogP contribution >= 0.6 is 15.9 Å². The van der Waals surface area contributed by atoms with Gasteiger partial charge in [0.05, 0.1) is 6.10 Å². The second kappa shape index (κ2) is 4.14. The van der Waals surface area contributed by atoms with Gasteiger partial charge in [-0.1, -0.05) is 29.8 Å². The number of hydrogen-bond donors (Lipinski definition) is 1. The maximum absolute atomic E-state index is 10.5. The number of rotatable bonds is 2. The highest BCUT2D eigenvalue weighted by molar-refractivity contribution is 9.10. The predicted molar refractivity (Wildman–Crippen MR) is 72.0 cm³/mol. The van der Waals surface area contributed by atoms with Crippen LogP contribution in [-0.2, 0) is 0 Å². The van der Waals surface area contributed by atoms with Crippen molar-refractivity contribution >= 4 is 15.9 Å². The first-order valence-electron chi connectivity index (χ1n) is 6.26. The maximum atomic E-state index is 10.5. The smallest absolute Gasteiger partial charge is 0.162 e. The van der Waals surface area contributed by atoms with Crippen LogP contribution in [0.15, 0.2) is 16.6 Å². The Hall–Kier alpha value is -0.740. The number of aliphatic hydroxyl groups is 1. The number of aliphatic hydroxyl groups excluding tert-OH is 1. The Kier molecular flexibility index (Phi) is 2.83. The molecule has 1 aromatic rings. The van der Waals surface area contributed by atoms with Crippen molar-refractivity contribution in [2.75, 3.05) is 13.2 Å². The van der Waals surface area contributed by atoms with Crippen molar-refractivity contribution < 1.29 is 14.6 Å². The normalized spacial score (nSPS) is 25.7. The number of hydrogen-bond acceptors (Lipinski definition) is 3. The molecule has 0 amide bonds. The third-order valence-corrected chi connectivity index (χ3v) is 4.64. The summed E-state index contributed by atoms with van der Waals surface area (Å²) in [6, 6.07) is 3.79. The molecule has 3 nitrogen and oxygen atoms in total. The number of fused-ring (bicyclic) bond motifs is 1. The minimum atomic E-state index is -0.440. The van der Waals surface area contributed by atoms with Gasteiger partial charge in [0.1, 0.15) is 13.2 Å². The Morgan fingerprint density at radius 1 is 1.28 bits per heavy atom. The van der Waals surface area contributed by atoms with Gasteiger partial charge in [0.2, 0.25) is 0 Å². The molecule has 1 aliphatic heterocycles. The van der Waals surface area contributed by atoms with E-state index in [9.17, 15) is 5.11 Å². The fourth-order valence-corrected chi connectivity index (χ4v) is 3.13. The Labute approximate surface area is 115 Å². The zero-order valence-electron chi connectivity index (χ0n) is 10.6. The van der Waals surface area contributed by atoms with E-state index in [4.69, 9.17) is 9.47 Å². The van der Waals surface area contributed by atoms with Crippen LogP contribution < -0.4 is 9.47 Å². The van der Waals surface area contributed by atoms with Gasteiger partial charge in [0, 0.05) is 4.47 Å². The summed E-state index contributed by atoms with van der Waals surface area (Å²) in [7, 11) is 0. The van der Waals surface area contributed by atoms with E-state index in [1.807, 2.05) is 12.1 Å². The summed E-state index contributed by atoms with van der Waals surface area (Å²) < 4.78 is 12.0. The molecule has 1 heterocycles. The first-order valence-corrected chi connectivity index (χ1v) is 7.05. The van der Waals surface area contributed by atoms with Crippen molar-refractivity contribution in [2.45, 2.75) is 26.4 Å². The van der Waals surface area contributed by atoms with E-state index >= 15 is 0 Å². The average molecular weight is 313 g/mol. The summed E-state index contributed by atoms with van der Waals surface area (Å²) in [5.41, 5.74) is 1.14. The number of halogens is 1. The highest BCUT2D eigenvalue weighted by Crippen LogP contribution is 2.58. The second-order valence-electron chi connectivity index (χ2n) is 5.76. The van der Waals surface area contributed by atoms with Crippen molar-refractivity contribution in [3.63, 3.8) is 0 Å². The first kappa shape index (κ1) is 12.3. The zero-order chi connectivity index (χ0) is 12.9. The minimum absolute atomic E-state index is 0.242. The van der Waals surface area contributed by atoms with E-state index in [0.29, 0.717) is 19.1 Å². The fourth-order valence-electron chi connectivity index (χ4n) is 2.57. The molecule has 3 rings (SSSR count). The van der Waals surface area contributed by atoms with Crippen LogP contribution in [0, 0.1) is 11.3 Å². The van der Waals surface area contributed by atoms with Gasteiger partial charge in [-0.3, -0.25) is 0 Å². The van der Waals surface area contributed by atoms with Crippen LogP contribution in [0.25, 0.3) is 0 Å². The van der Waals surface area contributed by atoms with Crippen molar-refractivity contribution in [1.82, 2.24) is 0 Å². The van der Waals surface area contributed by atoms with Gasteiger partial charge in [0.25, 0.3) is 0 Å². The Morgan fingerprint density at radius 2 is 1.83 bits per heavy atom. The zero-order valence-corrected chi connectivity index (χ0v) is 12.2. The maximum Gasteiger partial charge on any atom is 0.162 e. The highest BCUT2D eigenvalue weighted by Gasteiger charge is 2.50. The van der Waals surface area contributed by atoms with Crippen LogP contribution in [0.4, 0.5) is 0 Å². The van der Waals surface area contributed by atoms with Crippen molar-refractivity contribution in [3.05, 3.63) is 22.2 Å². The van der Waals surface area contributed by atoms with Gasteiger partial charge in [-0.05, 0) is 35.4 Å². The molecule has 18 heavy (non-hydrogen) atoms. The lowest BCUT2D eigenvalue weighted by Gasteiger charge is -2.22. The lowest BCUT2D eigenvalue weighted by molar-refractivity contribution is 0.135. The largest absolute Gasteiger partial charge is 0.486 e. The van der Waals surface area contributed by atoms with Gasteiger partial charge in [-0.2, -0.15) is 0 Å². The molecule has 0 aromatic heterocycles. The molecule has 1 aliphatic carbocycles. The van der Waals surface area contributed by atoms with Crippen molar-refractivity contribution in [1.29, 1.82) is 0 Å². The van der Waals surface area contributed by atoms with Crippen molar-refractivity contribution in [3.8, 4) is 11.5 Å². The molecule has 0 bridgehead atoms. The molecule has 98 valence electrons. The van der Waals surface area contributed by atoms with Crippen molar-refractivity contribution in [2.24, 2.45) is 11.3 Å². The first-order chi connectivity index (χ1) is 8.49. The standard InChI is InChI=1S/C14H17BrO3/c1-14(2)7-9(14)13(16)8-5-11-12(6-10(8)15)18-4-3-17-11/h5-6,9,13,16H,3-4,7H2,1-2H3. The average Bonchev–Trinajstić information content (AvgIpc) is 2.97. The molecule has 0 spiro atoms. The van der Waals surface area contributed by atoms with E-state index in [1.54, 1.807) is 0 Å². The summed E-state index contributed by atoms with van der Waals surface area (Å²) >= 11 is 3.51. The molecule has 2 aliphatic rings. The number of ether oxygens (including phenoxy) is 2. The third kappa shape index (κ3) is 2.01. The van der Waals surface area contributed by atoms with Gasteiger partial charge in [-0.25, -0.2) is 0 Å². The Balaban J connectivity index is 1.92.